The van der Waals surface area contributed by atoms with E-state index in [2.05, 4.69) is 32.4 Å². The monoisotopic (exact) mass is 483 g/mol. The Bertz CT molecular complexity index is 1360. The fourth-order valence-corrected chi connectivity index (χ4v) is 3.90. The van der Waals surface area contributed by atoms with Gasteiger partial charge in [0.25, 0.3) is 10.1 Å². The molecular weight excluding hydrogens is 458 g/mol. The molecule has 0 saturated carbocycles. The zero-order valence-electron chi connectivity index (χ0n) is 18.6. The van der Waals surface area contributed by atoms with E-state index in [0.29, 0.717) is 29.1 Å². The number of aromatic amines is 1. The fourth-order valence-electron chi connectivity index (χ4n) is 3.42. The molecule has 1 aromatic carbocycles. The van der Waals surface area contributed by atoms with E-state index in [1.165, 1.54) is 0 Å². The van der Waals surface area contributed by atoms with E-state index >= 15 is 0 Å². The number of pyridine rings is 2. The third-order valence-corrected chi connectivity index (χ3v) is 5.85. The molecule has 0 radical (unpaired) electrons. The first-order valence-electron chi connectivity index (χ1n) is 10.8. The molecule has 0 unspecified atom stereocenters. The lowest BCUT2D eigenvalue weighted by atomic mass is 10.1. The number of benzene rings is 1. The molecule has 178 valence electrons. The van der Waals surface area contributed by atoms with Gasteiger partial charge in [-0.1, -0.05) is 13.0 Å². The second-order valence-corrected chi connectivity index (χ2v) is 9.11. The summed E-state index contributed by atoms with van der Waals surface area (Å²) in [6.07, 6.45) is 5.96. The SMILES string of the molecule is CCc1cc(Nc2cncc3[nH]nc(OCCCS(=O)(=O)O)c23)ccc1OCc1ccccn1. The zero-order valence-corrected chi connectivity index (χ0v) is 19.4. The van der Waals surface area contributed by atoms with Gasteiger partial charge in [-0.2, -0.15) is 8.42 Å². The molecule has 0 bridgehead atoms. The van der Waals surface area contributed by atoms with Crippen LogP contribution in [0, 0.1) is 0 Å². The van der Waals surface area contributed by atoms with Gasteiger partial charge >= 0.3 is 0 Å². The van der Waals surface area contributed by atoms with Crippen molar-refractivity contribution in [3.63, 3.8) is 0 Å². The highest BCUT2D eigenvalue weighted by atomic mass is 32.2. The Labute approximate surface area is 197 Å². The van der Waals surface area contributed by atoms with Crippen LogP contribution < -0.4 is 14.8 Å². The van der Waals surface area contributed by atoms with Gasteiger partial charge in [-0.05, 0) is 48.7 Å². The maximum absolute atomic E-state index is 10.9. The Balaban J connectivity index is 1.49. The predicted octanol–water partition coefficient (Wildman–Crippen LogP) is 3.89. The smallest absolute Gasteiger partial charge is 0.264 e. The van der Waals surface area contributed by atoms with Gasteiger partial charge in [0.15, 0.2) is 0 Å². The summed E-state index contributed by atoms with van der Waals surface area (Å²) in [5.41, 5.74) is 4.08. The number of H-pyrrole nitrogens is 1. The maximum atomic E-state index is 10.9. The lowest BCUT2D eigenvalue weighted by molar-refractivity contribution is 0.298. The topological polar surface area (TPSA) is 139 Å². The van der Waals surface area contributed by atoms with Crippen molar-refractivity contribution in [2.24, 2.45) is 0 Å². The number of fused-ring (bicyclic) bond motifs is 1. The summed E-state index contributed by atoms with van der Waals surface area (Å²) in [6.45, 7) is 2.53. The molecule has 0 aliphatic rings. The molecule has 0 atom stereocenters. The van der Waals surface area contributed by atoms with Crippen molar-refractivity contribution in [3.8, 4) is 11.6 Å². The molecule has 11 heteroatoms. The Morgan fingerprint density at radius 1 is 1.15 bits per heavy atom. The van der Waals surface area contributed by atoms with Crippen LogP contribution in [0.2, 0.25) is 0 Å². The number of ether oxygens (including phenoxy) is 2. The highest BCUT2D eigenvalue weighted by molar-refractivity contribution is 7.85. The average Bonchev–Trinajstić information content (AvgIpc) is 3.25. The molecule has 10 nitrogen and oxygen atoms in total. The molecule has 4 rings (SSSR count). The van der Waals surface area contributed by atoms with E-state index in [9.17, 15) is 8.42 Å². The maximum Gasteiger partial charge on any atom is 0.264 e. The van der Waals surface area contributed by atoms with Crippen LogP contribution in [-0.2, 0) is 23.1 Å². The molecule has 0 spiro atoms. The third kappa shape index (κ3) is 6.00. The van der Waals surface area contributed by atoms with E-state index < -0.39 is 10.1 Å². The lowest BCUT2D eigenvalue weighted by Gasteiger charge is -2.14. The molecule has 3 aromatic heterocycles. The van der Waals surface area contributed by atoms with Crippen LogP contribution in [0.4, 0.5) is 11.4 Å². The van der Waals surface area contributed by atoms with Crippen LogP contribution in [-0.4, -0.2) is 45.5 Å². The molecule has 0 saturated heterocycles. The number of anilines is 2. The van der Waals surface area contributed by atoms with Gasteiger partial charge in [0.2, 0.25) is 5.88 Å². The summed E-state index contributed by atoms with van der Waals surface area (Å²) in [5.74, 6) is 0.735. The molecule has 34 heavy (non-hydrogen) atoms. The Hall–Kier alpha value is -3.70. The summed E-state index contributed by atoms with van der Waals surface area (Å²) in [5, 5.41) is 11.1. The summed E-state index contributed by atoms with van der Waals surface area (Å²) < 4.78 is 42.3. The molecule has 0 aliphatic carbocycles. The van der Waals surface area contributed by atoms with Crippen molar-refractivity contribution in [1.29, 1.82) is 0 Å². The second kappa shape index (κ2) is 10.5. The zero-order chi connectivity index (χ0) is 24.0. The van der Waals surface area contributed by atoms with E-state index in [0.717, 1.165) is 29.1 Å². The number of hydrogen-bond acceptors (Lipinski definition) is 8. The molecule has 0 amide bonds. The Morgan fingerprint density at radius 2 is 2.03 bits per heavy atom. The summed E-state index contributed by atoms with van der Waals surface area (Å²) >= 11 is 0. The normalized spacial score (nSPS) is 11.5. The third-order valence-electron chi connectivity index (χ3n) is 5.05. The number of aryl methyl sites for hydroxylation is 1. The minimum atomic E-state index is -4.03. The van der Waals surface area contributed by atoms with Gasteiger partial charge in [-0.15, -0.1) is 5.10 Å². The van der Waals surface area contributed by atoms with Crippen molar-refractivity contribution in [2.45, 2.75) is 26.4 Å². The summed E-state index contributed by atoms with van der Waals surface area (Å²) in [7, 11) is -4.03. The van der Waals surface area contributed by atoms with Crippen molar-refractivity contribution >= 4 is 32.4 Å². The van der Waals surface area contributed by atoms with Crippen LogP contribution in [0.3, 0.4) is 0 Å². The quantitative estimate of drug-likeness (QED) is 0.214. The minimum Gasteiger partial charge on any atom is -0.487 e. The highest BCUT2D eigenvalue weighted by Gasteiger charge is 2.14. The van der Waals surface area contributed by atoms with Crippen molar-refractivity contribution in [1.82, 2.24) is 20.2 Å². The number of nitrogens with one attached hydrogen (secondary N) is 2. The molecule has 0 fully saturated rings. The largest absolute Gasteiger partial charge is 0.487 e. The van der Waals surface area contributed by atoms with Crippen LogP contribution in [0.15, 0.2) is 55.0 Å². The summed E-state index contributed by atoms with van der Waals surface area (Å²) in [4.78, 5) is 8.53. The number of rotatable bonds is 11. The van der Waals surface area contributed by atoms with Crippen LogP contribution in [0.5, 0.6) is 11.6 Å². The van der Waals surface area contributed by atoms with E-state index in [1.807, 2.05) is 36.4 Å². The van der Waals surface area contributed by atoms with Crippen molar-refractivity contribution in [3.05, 3.63) is 66.2 Å². The van der Waals surface area contributed by atoms with Crippen LogP contribution in [0.25, 0.3) is 10.9 Å². The summed E-state index contributed by atoms with van der Waals surface area (Å²) in [6, 6.07) is 11.6. The minimum absolute atomic E-state index is 0.0871. The number of aromatic nitrogens is 4. The van der Waals surface area contributed by atoms with Gasteiger partial charge < -0.3 is 14.8 Å². The molecule has 0 aliphatic heterocycles. The number of nitrogens with zero attached hydrogens (tertiary/aromatic N) is 3. The second-order valence-electron chi connectivity index (χ2n) is 7.54. The fraction of sp³-hybridized carbons (Fsp3) is 0.261. The highest BCUT2D eigenvalue weighted by Crippen LogP contribution is 2.33. The van der Waals surface area contributed by atoms with Gasteiger partial charge in [0, 0.05) is 11.9 Å². The lowest BCUT2D eigenvalue weighted by Crippen LogP contribution is -2.08. The first-order chi connectivity index (χ1) is 16.4. The van der Waals surface area contributed by atoms with Crippen LogP contribution >= 0.6 is 0 Å². The average molecular weight is 484 g/mol. The van der Waals surface area contributed by atoms with Crippen molar-refractivity contribution < 1.29 is 22.4 Å². The van der Waals surface area contributed by atoms with E-state index in [1.54, 1.807) is 18.6 Å². The Kier molecular flexibility index (Phi) is 7.24. The molecule has 3 N–H and O–H groups in total. The molecular formula is C23H25N5O5S. The standard InChI is InChI=1S/C23H25N5O5S/c1-2-16-12-17(7-8-21(16)33-15-18-6-3-4-9-25-18)26-19-13-24-14-20-22(19)23(28-27-20)32-10-5-11-34(29,30)31/h3-4,6-9,12-14,26H,2,5,10-11,15H2,1H3,(H,27,28)(H,29,30,31). The van der Waals surface area contributed by atoms with E-state index in [4.69, 9.17) is 14.0 Å². The first kappa shape index (κ1) is 23.5. The first-order valence-corrected chi connectivity index (χ1v) is 12.4. The van der Waals surface area contributed by atoms with Gasteiger partial charge in [-0.25, -0.2) is 0 Å². The number of hydrogen-bond donors (Lipinski definition) is 3. The van der Waals surface area contributed by atoms with Gasteiger partial charge in [0.05, 0.1) is 47.0 Å². The van der Waals surface area contributed by atoms with E-state index in [-0.39, 0.29) is 18.8 Å². The van der Waals surface area contributed by atoms with Gasteiger partial charge in [-0.3, -0.25) is 19.6 Å². The molecule has 4 aromatic rings. The van der Waals surface area contributed by atoms with Crippen molar-refractivity contribution in [2.75, 3.05) is 17.7 Å². The van der Waals surface area contributed by atoms with Gasteiger partial charge in [0.1, 0.15) is 12.4 Å². The predicted molar refractivity (Wildman–Crippen MR) is 128 cm³/mol. The Morgan fingerprint density at radius 3 is 2.79 bits per heavy atom. The molecule has 3 heterocycles. The van der Waals surface area contributed by atoms with Crippen LogP contribution in [0.1, 0.15) is 24.6 Å².